The maximum absolute atomic E-state index is 14.0. The van der Waals surface area contributed by atoms with E-state index in [-0.39, 0.29) is 24.2 Å². The average Bonchev–Trinajstić information content (AvgIpc) is 3.26. The van der Waals surface area contributed by atoms with Crippen molar-refractivity contribution in [2.45, 2.75) is 25.3 Å². The zero-order valence-electron chi connectivity index (χ0n) is 18.7. The molecule has 4 heterocycles. The van der Waals surface area contributed by atoms with Gasteiger partial charge in [0, 0.05) is 55.8 Å². The van der Waals surface area contributed by atoms with E-state index in [0.29, 0.717) is 30.7 Å². The molecule has 35 heavy (non-hydrogen) atoms. The van der Waals surface area contributed by atoms with Crippen molar-refractivity contribution in [2.75, 3.05) is 18.4 Å². The Morgan fingerprint density at radius 3 is 2.46 bits per heavy atom. The number of piperidine rings is 1. The van der Waals surface area contributed by atoms with Gasteiger partial charge in [-0.2, -0.15) is 5.10 Å². The number of nitrogens with one attached hydrogen (secondary N) is 2. The molecule has 0 aliphatic carbocycles. The summed E-state index contributed by atoms with van der Waals surface area (Å²) >= 11 is 0. The van der Waals surface area contributed by atoms with E-state index in [4.69, 9.17) is 0 Å². The lowest BCUT2D eigenvalue weighted by atomic mass is 10.0. The molecule has 2 N–H and O–H groups in total. The Bertz CT molecular complexity index is 1370. The predicted octanol–water partition coefficient (Wildman–Crippen LogP) is 5.61. The Kier molecular flexibility index (Phi) is 5.98. The summed E-state index contributed by atoms with van der Waals surface area (Å²) in [5.74, 6) is -4.26. The Hall–Kier alpha value is -3.79. The fraction of sp³-hybridized carbons (Fsp3) is 0.240. The maximum atomic E-state index is 14.0. The minimum atomic E-state index is -2.58. The predicted molar refractivity (Wildman–Crippen MR) is 126 cm³/mol. The second-order valence-electron chi connectivity index (χ2n) is 8.63. The fourth-order valence-electron chi connectivity index (χ4n) is 4.19. The number of fused-ring (bicyclic) bond motifs is 1. The molecule has 4 aromatic rings. The lowest BCUT2D eigenvalue weighted by Gasteiger charge is -2.31. The number of halogens is 4. The summed E-state index contributed by atoms with van der Waals surface area (Å²) in [6.45, 7) is 5.12. The topological polar surface area (TPSA) is 69.7 Å². The highest BCUT2D eigenvalue weighted by Crippen LogP contribution is 2.31. The van der Waals surface area contributed by atoms with Gasteiger partial charge in [-0.15, -0.1) is 0 Å². The number of pyridine rings is 2. The van der Waals surface area contributed by atoms with E-state index >= 15 is 0 Å². The SMILES string of the molecule is C=C(Nc1c(F)cncc1F)c1n[nH]c2ccc(-c3cncc(CN4CCC(F)(F)CC4)c3)cc12. The Morgan fingerprint density at radius 1 is 1.00 bits per heavy atom. The zero-order chi connectivity index (χ0) is 24.6. The van der Waals surface area contributed by atoms with E-state index in [1.165, 1.54) is 0 Å². The van der Waals surface area contributed by atoms with Gasteiger partial charge < -0.3 is 5.32 Å². The van der Waals surface area contributed by atoms with Gasteiger partial charge in [0.05, 0.1) is 23.6 Å². The minimum Gasteiger partial charge on any atom is -0.349 e. The van der Waals surface area contributed by atoms with Gasteiger partial charge in [0.15, 0.2) is 11.6 Å². The molecule has 1 aromatic carbocycles. The number of benzene rings is 1. The van der Waals surface area contributed by atoms with Crippen molar-refractivity contribution >= 4 is 22.3 Å². The number of rotatable bonds is 6. The van der Waals surface area contributed by atoms with Crippen molar-refractivity contribution in [3.8, 4) is 11.1 Å². The highest BCUT2D eigenvalue weighted by molar-refractivity contribution is 5.95. The summed E-state index contributed by atoms with van der Waals surface area (Å²) in [4.78, 5) is 9.82. The normalized spacial score (nSPS) is 15.9. The molecule has 0 spiro atoms. The van der Waals surface area contributed by atoms with Crippen LogP contribution in [0, 0.1) is 11.6 Å². The van der Waals surface area contributed by atoms with Gasteiger partial charge in [0.1, 0.15) is 11.4 Å². The molecule has 0 unspecified atom stereocenters. The lowest BCUT2D eigenvalue weighted by Crippen LogP contribution is -2.38. The standard InChI is InChI=1S/C25H22F4N6/c1-15(32-24-20(26)12-31-13-21(24)27)23-19-9-17(2-3-22(19)33-34-23)18-8-16(10-30-11-18)14-35-6-4-25(28,29)5-7-35/h2-3,8-13H,1,4-7,14H2,(H,31,32)(H,33,34). The molecule has 0 atom stereocenters. The van der Waals surface area contributed by atoms with Crippen molar-refractivity contribution in [3.63, 3.8) is 0 Å². The number of hydrogen-bond acceptors (Lipinski definition) is 5. The van der Waals surface area contributed by atoms with Crippen LogP contribution < -0.4 is 5.32 Å². The molecule has 0 amide bonds. The van der Waals surface area contributed by atoms with Crippen LogP contribution in [-0.2, 0) is 6.54 Å². The van der Waals surface area contributed by atoms with E-state index in [0.717, 1.165) is 34.6 Å². The second-order valence-corrected chi connectivity index (χ2v) is 8.63. The number of anilines is 1. The number of aromatic amines is 1. The molecule has 0 radical (unpaired) electrons. The van der Waals surface area contributed by atoms with Gasteiger partial charge in [-0.05, 0) is 29.3 Å². The van der Waals surface area contributed by atoms with Gasteiger partial charge >= 0.3 is 0 Å². The van der Waals surface area contributed by atoms with Crippen molar-refractivity contribution in [2.24, 2.45) is 0 Å². The molecule has 180 valence electrons. The van der Waals surface area contributed by atoms with Gasteiger partial charge in [0.25, 0.3) is 5.92 Å². The van der Waals surface area contributed by atoms with Gasteiger partial charge in [-0.1, -0.05) is 12.6 Å². The van der Waals surface area contributed by atoms with Crippen LogP contribution in [0.3, 0.4) is 0 Å². The number of nitrogens with zero attached hydrogens (tertiary/aromatic N) is 4. The number of H-pyrrole nitrogens is 1. The molecule has 1 saturated heterocycles. The molecule has 0 saturated carbocycles. The molecule has 1 aliphatic heterocycles. The van der Waals surface area contributed by atoms with E-state index in [1.54, 1.807) is 12.4 Å². The van der Waals surface area contributed by atoms with Crippen LogP contribution >= 0.6 is 0 Å². The van der Waals surface area contributed by atoms with E-state index < -0.39 is 17.6 Å². The monoisotopic (exact) mass is 482 g/mol. The summed E-state index contributed by atoms with van der Waals surface area (Å²) in [5.41, 5.74) is 3.62. The van der Waals surface area contributed by atoms with E-state index in [9.17, 15) is 17.6 Å². The zero-order valence-corrected chi connectivity index (χ0v) is 18.7. The van der Waals surface area contributed by atoms with Crippen LogP contribution in [0.2, 0.25) is 0 Å². The third-order valence-electron chi connectivity index (χ3n) is 6.10. The van der Waals surface area contributed by atoms with Crippen LogP contribution in [0.25, 0.3) is 27.7 Å². The summed E-state index contributed by atoms with van der Waals surface area (Å²) < 4.78 is 54.9. The summed E-state index contributed by atoms with van der Waals surface area (Å²) in [6.07, 6.45) is 5.02. The highest BCUT2D eigenvalue weighted by Gasteiger charge is 2.33. The van der Waals surface area contributed by atoms with Crippen molar-refractivity contribution in [1.82, 2.24) is 25.1 Å². The Labute approximate surface area is 198 Å². The molecule has 10 heteroatoms. The largest absolute Gasteiger partial charge is 0.349 e. The molecular weight excluding hydrogens is 460 g/mol. The van der Waals surface area contributed by atoms with E-state index in [2.05, 4.69) is 32.1 Å². The summed E-state index contributed by atoms with van der Waals surface area (Å²) in [6, 6.07) is 7.63. The van der Waals surface area contributed by atoms with E-state index in [1.807, 2.05) is 29.2 Å². The number of hydrogen-bond donors (Lipinski definition) is 2. The molecular formula is C25H22F4N6. The number of alkyl halides is 2. The van der Waals surface area contributed by atoms with Gasteiger partial charge in [-0.25, -0.2) is 17.6 Å². The molecule has 5 rings (SSSR count). The third-order valence-corrected chi connectivity index (χ3v) is 6.10. The van der Waals surface area contributed by atoms with Crippen LogP contribution in [0.15, 0.2) is 55.6 Å². The Balaban J connectivity index is 1.39. The van der Waals surface area contributed by atoms with Crippen molar-refractivity contribution in [1.29, 1.82) is 0 Å². The third kappa shape index (κ3) is 4.88. The summed E-state index contributed by atoms with van der Waals surface area (Å²) in [5, 5.41) is 10.5. The van der Waals surface area contributed by atoms with Crippen LogP contribution in [0.5, 0.6) is 0 Å². The molecule has 3 aromatic heterocycles. The number of aromatic nitrogens is 4. The van der Waals surface area contributed by atoms with Crippen molar-refractivity contribution < 1.29 is 17.6 Å². The maximum Gasteiger partial charge on any atom is 0.250 e. The summed E-state index contributed by atoms with van der Waals surface area (Å²) in [7, 11) is 0. The highest BCUT2D eigenvalue weighted by atomic mass is 19.3. The first-order valence-corrected chi connectivity index (χ1v) is 11.1. The van der Waals surface area contributed by atoms with Gasteiger partial charge in [0.2, 0.25) is 0 Å². The quantitative estimate of drug-likeness (QED) is 0.350. The molecule has 1 aliphatic rings. The smallest absolute Gasteiger partial charge is 0.250 e. The fourth-order valence-corrected chi connectivity index (χ4v) is 4.19. The molecule has 6 nitrogen and oxygen atoms in total. The second kappa shape index (κ2) is 9.10. The first-order valence-electron chi connectivity index (χ1n) is 11.1. The average molecular weight is 482 g/mol. The minimum absolute atomic E-state index is 0.134. The number of likely N-dealkylation sites (tertiary alicyclic amines) is 1. The molecule has 1 fully saturated rings. The van der Waals surface area contributed by atoms with Gasteiger partial charge in [-0.3, -0.25) is 20.0 Å². The lowest BCUT2D eigenvalue weighted by molar-refractivity contribution is -0.0566. The molecule has 0 bridgehead atoms. The van der Waals surface area contributed by atoms with Crippen molar-refractivity contribution in [3.05, 3.63) is 78.5 Å². The first kappa shape index (κ1) is 23.0. The van der Waals surface area contributed by atoms with Crippen LogP contribution in [0.4, 0.5) is 23.2 Å². The first-order chi connectivity index (χ1) is 16.8. The van der Waals surface area contributed by atoms with Crippen LogP contribution in [-0.4, -0.2) is 44.1 Å². The van der Waals surface area contributed by atoms with Crippen LogP contribution in [0.1, 0.15) is 24.1 Å². The Morgan fingerprint density at radius 2 is 1.71 bits per heavy atom.